The average molecular weight is 853 g/mol. The van der Waals surface area contributed by atoms with Crippen molar-refractivity contribution in [3.63, 3.8) is 0 Å². The van der Waals surface area contributed by atoms with E-state index in [9.17, 15) is 39.6 Å². The van der Waals surface area contributed by atoms with E-state index in [4.69, 9.17) is 0 Å². The zero-order valence-corrected chi connectivity index (χ0v) is 33.5. The molecule has 0 saturated carbocycles. The summed E-state index contributed by atoms with van der Waals surface area (Å²) in [6.45, 7) is 5.83. The molecule has 6 rings (SSSR count). The highest BCUT2D eigenvalue weighted by Gasteiger charge is 2.30. The molecule has 3 unspecified atom stereocenters. The van der Waals surface area contributed by atoms with Gasteiger partial charge in [-0.2, -0.15) is 0 Å². The molecule has 0 spiro atoms. The Kier molecular flexibility index (Phi) is 18.7. The van der Waals surface area contributed by atoms with Gasteiger partial charge in [0.1, 0.15) is 0 Å². The molecule has 6 N–H and O–H groups in total. The van der Waals surface area contributed by atoms with Gasteiger partial charge < -0.3 is 16.0 Å². The van der Waals surface area contributed by atoms with Gasteiger partial charge in [-0.1, -0.05) is 43.1 Å². The largest absolute Gasteiger partial charge is 0.326 e. The lowest BCUT2D eigenvalue weighted by Gasteiger charge is -2.24. The molecule has 0 bridgehead atoms. The van der Waals surface area contributed by atoms with Crippen LogP contribution in [0.4, 0.5) is 17.1 Å². The maximum absolute atomic E-state index is 11.9. The summed E-state index contributed by atoms with van der Waals surface area (Å²) in [6.07, 6.45) is 4.24. The zero-order valence-electron chi connectivity index (χ0n) is 31.1. The molecule has 0 saturated heterocycles. The van der Waals surface area contributed by atoms with Crippen LogP contribution in [0.2, 0.25) is 0 Å². The van der Waals surface area contributed by atoms with Gasteiger partial charge in [0.15, 0.2) is 0 Å². The second-order valence-electron chi connectivity index (χ2n) is 12.9. The Morgan fingerprint density at radius 1 is 0.544 bits per heavy atom. The van der Waals surface area contributed by atoms with Crippen LogP contribution in [0.15, 0.2) is 69.3 Å². The van der Waals surface area contributed by atoms with Crippen molar-refractivity contribution in [1.29, 1.82) is 0 Å². The minimum absolute atomic E-state index is 0. The molecular weight excluding hydrogens is 793 g/mol. The Labute approximate surface area is 339 Å². The number of carbonyl (C=O) groups excluding carboxylic acids is 3. The van der Waals surface area contributed by atoms with Gasteiger partial charge in [-0.25, -0.2) is 39.4 Å². The molecule has 0 aliphatic carbocycles. The third-order valence-corrected chi connectivity index (χ3v) is 14.0. The van der Waals surface area contributed by atoms with E-state index in [1.807, 2.05) is 20.8 Å². The Morgan fingerprint density at radius 2 is 0.947 bits per heavy atom. The molecule has 0 fully saturated rings. The summed E-state index contributed by atoms with van der Waals surface area (Å²) in [5, 5.41) is 8.41. The molecule has 3 aliphatic rings. The van der Waals surface area contributed by atoms with E-state index in [2.05, 4.69) is 30.1 Å². The first-order chi connectivity index (χ1) is 25.4. The van der Waals surface area contributed by atoms with E-state index in [1.54, 1.807) is 36.4 Å². The normalized spacial score (nSPS) is 18.2. The summed E-state index contributed by atoms with van der Waals surface area (Å²) in [5.74, 6) is -0.375. The predicted octanol–water partition coefficient (Wildman–Crippen LogP) is 5.57. The van der Waals surface area contributed by atoms with Crippen LogP contribution < -0.4 is 30.1 Å². The van der Waals surface area contributed by atoms with Gasteiger partial charge in [0.05, 0.1) is 20.6 Å². The highest BCUT2D eigenvalue weighted by Crippen LogP contribution is 2.36. The first-order valence-corrected chi connectivity index (χ1v) is 22.0. The standard InChI is InChI=1S/C13H18N2O3S.C12H16N2O3S.C11H14N2O3S.3CH4/c1-3-9-4-5-10-8-11(19(17,18)14-2)6-7-12(10)15-13(9)16;1-3-8-6-9-7-10(18(16,17)13-2)4-5-11(9)14-12(8)15;1-3-8-9-6-7(17(15,16)12-2)4-5-10(9)13-11(8)14;;;/h6-9,14H,3-5H2,1-2H3,(H,15,16);4-5,7-8,13H,3,6H2,1-2H3,(H,14,15);4-6,8,12H,3H2,1-2H3,(H,13,14);3*1H4. The number of benzene rings is 3. The molecule has 0 aromatic heterocycles. The number of nitrogens with one attached hydrogen (secondary N) is 6. The van der Waals surface area contributed by atoms with Crippen molar-refractivity contribution >= 4 is 64.9 Å². The fourth-order valence-electron chi connectivity index (χ4n) is 6.33. The van der Waals surface area contributed by atoms with Gasteiger partial charge in [0.25, 0.3) is 0 Å². The second-order valence-corrected chi connectivity index (χ2v) is 18.6. The Hall–Kier alpha value is -4.20. The number of rotatable bonds is 9. The lowest BCUT2D eigenvalue weighted by molar-refractivity contribution is -0.120. The molecule has 18 heteroatoms. The van der Waals surface area contributed by atoms with E-state index in [0.717, 1.165) is 41.6 Å². The molecule has 0 radical (unpaired) electrons. The van der Waals surface area contributed by atoms with Crippen molar-refractivity contribution in [2.75, 3.05) is 37.1 Å². The maximum Gasteiger partial charge on any atom is 0.240 e. The van der Waals surface area contributed by atoms with Gasteiger partial charge in [-0.15, -0.1) is 0 Å². The smallest absolute Gasteiger partial charge is 0.240 e. The van der Waals surface area contributed by atoms with Crippen LogP contribution in [0.5, 0.6) is 0 Å². The van der Waals surface area contributed by atoms with Crippen LogP contribution in [0.1, 0.15) is 91.3 Å². The van der Waals surface area contributed by atoms with E-state index >= 15 is 0 Å². The molecule has 318 valence electrons. The SMILES string of the molecule is C.C.C.CCC1C(=O)Nc2ccc(S(=O)(=O)NC)cc21.CCC1CCc2cc(S(=O)(=O)NC)ccc2NC1=O.CCC1Cc2cc(S(=O)(=O)NC)ccc2NC1=O. The quantitative estimate of drug-likeness (QED) is 0.158. The van der Waals surface area contributed by atoms with Gasteiger partial charge in [-0.3, -0.25) is 14.4 Å². The summed E-state index contributed by atoms with van der Waals surface area (Å²) in [7, 11) is -6.20. The van der Waals surface area contributed by atoms with Crippen molar-refractivity contribution in [3.05, 3.63) is 71.3 Å². The molecular formula is C39H60N6O9S3. The number of hydrogen-bond acceptors (Lipinski definition) is 9. The molecule has 3 atom stereocenters. The topological polar surface area (TPSA) is 226 Å². The predicted molar refractivity (Wildman–Crippen MR) is 227 cm³/mol. The number of carbonyl (C=O) groups is 3. The zero-order chi connectivity index (χ0) is 40.0. The second kappa shape index (κ2) is 21.0. The number of anilines is 3. The van der Waals surface area contributed by atoms with Crippen molar-refractivity contribution in [2.45, 2.75) is 102 Å². The molecule has 3 aliphatic heterocycles. The fourth-order valence-corrected chi connectivity index (χ4v) is 8.66. The summed E-state index contributed by atoms with van der Waals surface area (Å²) in [4.78, 5) is 35.9. The van der Waals surface area contributed by atoms with Crippen molar-refractivity contribution < 1.29 is 39.6 Å². The van der Waals surface area contributed by atoms with Crippen LogP contribution in [0, 0.1) is 11.8 Å². The third kappa shape index (κ3) is 11.7. The number of hydrogen-bond donors (Lipinski definition) is 6. The highest BCUT2D eigenvalue weighted by atomic mass is 32.2. The fraction of sp³-hybridized carbons (Fsp3) is 0.462. The minimum atomic E-state index is -3.46. The Balaban J connectivity index is 0.000000417. The number of amides is 3. The number of fused-ring (bicyclic) bond motifs is 3. The lowest BCUT2D eigenvalue weighted by atomic mass is 9.91. The van der Waals surface area contributed by atoms with Crippen LogP contribution in [0.25, 0.3) is 0 Å². The van der Waals surface area contributed by atoms with E-state index in [-0.39, 0.29) is 72.4 Å². The molecule has 3 amide bonds. The maximum atomic E-state index is 11.9. The summed E-state index contributed by atoms with van der Waals surface area (Å²) in [6, 6.07) is 14.3. The average Bonchev–Trinajstić information content (AvgIpc) is 3.39. The van der Waals surface area contributed by atoms with E-state index < -0.39 is 30.1 Å². The van der Waals surface area contributed by atoms with Crippen LogP contribution in [0.3, 0.4) is 0 Å². The number of sulfonamides is 3. The molecule has 3 aromatic carbocycles. The van der Waals surface area contributed by atoms with Gasteiger partial charge in [0, 0.05) is 28.9 Å². The Bertz CT molecular complexity index is 2250. The van der Waals surface area contributed by atoms with Crippen LogP contribution in [-0.4, -0.2) is 64.1 Å². The molecule has 3 heterocycles. The number of aryl methyl sites for hydroxylation is 1. The summed E-state index contributed by atoms with van der Waals surface area (Å²) in [5.41, 5.74) is 4.64. The first kappa shape index (κ1) is 50.8. The Morgan fingerprint density at radius 3 is 1.40 bits per heavy atom. The molecule has 3 aromatic rings. The summed E-state index contributed by atoms with van der Waals surface area (Å²) < 4.78 is 77.1. The van der Waals surface area contributed by atoms with Crippen molar-refractivity contribution in [1.82, 2.24) is 14.2 Å². The van der Waals surface area contributed by atoms with Gasteiger partial charge >= 0.3 is 0 Å². The van der Waals surface area contributed by atoms with Crippen molar-refractivity contribution in [3.8, 4) is 0 Å². The first-order valence-electron chi connectivity index (χ1n) is 17.6. The van der Waals surface area contributed by atoms with Crippen LogP contribution >= 0.6 is 0 Å². The van der Waals surface area contributed by atoms with Gasteiger partial charge in [-0.05, 0) is 131 Å². The highest BCUT2D eigenvalue weighted by molar-refractivity contribution is 7.90. The van der Waals surface area contributed by atoms with E-state index in [0.29, 0.717) is 30.6 Å². The van der Waals surface area contributed by atoms with Crippen molar-refractivity contribution in [2.24, 2.45) is 11.8 Å². The van der Waals surface area contributed by atoms with Crippen LogP contribution in [-0.2, 0) is 57.3 Å². The third-order valence-electron chi connectivity index (χ3n) is 9.74. The minimum Gasteiger partial charge on any atom is -0.326 e. The van der Waals surface area contributed by atoms with E-state index in [1.165, 1.54) is 39.3 Å². The molecule has 57 heavy (non-hydrogen) atoms. The molecule has 15 nitrogen and oxygen atoms in total. The monoisotopic (exact) mass is 852 g/mol. The summed E-state index contributed by atoms with van der Waals surface area (Å²) >= 11 is 0. The lowest BCUT2D eigenvalue weighted by Crippen LogP contribution is -2.29. The van der Waals surface area contributed by atoms with Gasteiger partial charge in [0.2, 0.25) is 47.8 Å².